The molecule has 4 N–H and O–H groups in total. The van der Waals surface area contributed by atoms with Crippen molar-refractivity contribution >= 4 is 24.0 Å². The van der Waals surface area contributed by atoms with Crippen molar-refractivity contribution in [3.05, 3.63) is 59.4 Å². The van der Waals surface area contributed by atoms with E-state index in [1.165, 1.54) is 14.2 Å². The van der Waals surface area contributed by atoms with Gasteiger partial charge in [0.2, 0.25) is 11.8 Å². The Balaban J connectivity index is 1.18. The van der Waals surface area contributed by atoms with Crippen molar-refractivity contribution in [2.45, 2.75) is 53.0 Å². The van der Waals surface area contributed by atoms with Crippen LogP contribution in [0.5, 0.6) is 11.5 Å². The second kappa shape index (κ2) is 15.9. The molecule has 4 aromatic rings. The van der Waals surface area contributed by atoms with Crippen molar-refractivity contribution in [1.29, 1.82) is 0 Å². The van der Waals surface area contributed by atoms with Gasteiger partial charge in [0.15, 0.2) is 0 Å². The van der Waals surface area contributed by atoms with Crippen LogP contribution in [0.25, 0.3) is 33.6 Å². The Labute approximate surface area is 300 Å². The summed E-state index contributed by atoms with van der Waals surface area (Å²) in [5.41, 5.74) is 7.25. The molecule has 52 heavy (non-hydrogen) atoms. The van der Waals surface area contributed by atoms with Crippen LogP contribution in [-0.4, -0.2) is 94.1 Å². The summed E-state index contributed by atoms with van der Waals surface area (Å²) in [6.45, 7) is 5.82. The Hall–Kier alpha value is -6.06. The van der Waals surface area contributed by atoms with Gasteiger partial charge in [-0.05, 0) is 37.1 Å². The van der Waals surface area contributed by atoms with Crippen LogP contribution < -0.4 is 20.1 Å². The molecule has 4 amide bonds. The molecule has 2 aliphatic rings. The van der Waals surface area contributed by atoms with Crippen LogP contribution in [0.15, 0.2) is 36.7 Å². The summed E-state index contributed by atoms with van der Waals surface area (Å²) in [6.07, 6.45) is 3.64. The molecule has 0 radical (unpaired) electrons. The second-order valence-corrected chi connectivity index (χ2v) is 12.4. The van der Waals surface area contributed by atoms with Crippen LogP contribution in [0.4, 0.5) is 9.59 Å². The lowest BCUT2D eigenvalue weighted by atomic mass is 9.87. The number of aromatic amines is 2. The van der Waals surface area contributed by atoms with Crippen LogP contribution in [0.3, 0.4) is 0 Å². The molecule has 6 rings (SSSR count). The summed E-state index contributed by atoms with van der Waals surface area (Å²) in [6, 6.07) is 8.10. The molecular weight excluding hydrogens is 672 g/mol. The highest BCUT2D eigenvalue weighted by atomic mass is 16.5. The van der Waals surface area contributed by atoms with Gasteiger partial charge in [-0.15, -0.1) is 0 Å². The smallest absolute Gasteiger partial charge is 0.407 e. The van der Waals surface area contributed by atoms with Gasteiger partial charge in [-0.1, -0.05) is 13.8 Å². The fourth-order valence-corrected chi connectivity index (χ4v) is 6.32. The molecule has 2 aromatic carbocycles. The van der Waals surface area contributed by atoms with E-state index in [9.17, 15) is 19.2 Å². The van der Waals surface area contributed by atoms with E-state index in [-0.39, 0.29) is 38.0 Å². The standard InChI is InChI=1S/C36H42N8O8/c1-5-7-43(31(45)15-39-35(47)49-3)17-29-37-13-25(41-29)21-9-23-19-52-28-12-22(10-24-20-51-27(11-21)33(23)34(24)28)26-14-38-30(42-26)18-44(8-6-2)32(46)16-40-36(48)50-4/h9-14H,5-8,15-20H2,1-4H3,(H,37,41)(H,38,42)(H,39,47)(H,40,48). The van der Waals surface area contributed by atoms with Gasteiger partial charge in [-0.3, -0.25) is 9.59 Å². The zero-order chi connectivity index (χ0) is 36.8. The minimum Gasteiger partial charge on any atom is -0.488 e. The Morgan fingerprint density at radius 2 is 1.13 bits per heavy atom. The van der Waals surface area contributed by atoms with Crippen molar-refractivity contribution in [1.82, 2.24) is 40.4 Å². The second-order valence-electron chi connectivity index (χ2n) is 12.4. The topological polar surface area (TPSA) is 193 Å². The molecule has 0 aliphatic carbocycles. The zero-order valence-electron chi connectivity index (χ0n) is 29.6. The quantitative estimate of drug-likeness (QED) is 0.148. The Morgan fingerprint density at radius 1 is 0.712 bits per heavy atom. The average molecular weight is 715 g/mol. The molecule has 0 spiro atoms. The molecule has 0 saturated heterocycles. The van der Waals surface area contributed by atoms with Crippen molar-refractivity contribution in [2.75, 3.05) is 40.4 Å². The summed E-state index contributed by atoms with van der Waals surface area (Å²) >= 11 is 0. The number of carbonyl (C=O) groups excluding carboxylic acids is 4. The molecular formula is C36H42N8O8. The first-order valence-electron chi connectivity index (χ1n) is 17.1. The highest BCUT2D eigenvalue weighted by Crippen LogP contribution is 2.50. The van der Waals surface area contributed by atoms with Gasteiger partial charge in [0.25, 0.3) is 0 Å². The fraction of sp³-hybridized carbons (Fsp3) is 0.389. The van der Waals surface area contributed by atoms with Gasteiger partial charge < -0.3 is 49.3 Å². The molecule has 0 unspecified atom stereocenters. The number of methoxy groups -OCH3 is 2. The minimum absolute atomic E-state index is 0.168. The first-order valence-corrected chi connectivity index (χ1v) is 17.1. The van der Waals surface area contributed by atoms with Crippen LogP contribution in [0.1, 0.15) is 49.5 Å². The zero-order valence-corrected chi connectivity index (χ0v) is 29.6. The SMILES string of the molecule is CCCN(Cc1ncc(-c2cc3c4c(c2)OCc2cc(-c5cnc(CN(CCC)C(=O)CNC(=O)OC)[nH]5)cc(c2-4)OC3)[nH]1)C(=O)CNC(=O)OC. The number of imidazole rings is 2. The van der Waals surface area contributed by atoms with Crippen LogP contribution >= 0.6 is 0 Å². The number of alkyl carbamates (subject to hydrolysis) is 2. The highest BCUT2D eigenvalue weighted by Gasteiger charge is 2.30. The number of hydrogen-bond acceptors (Lipinski definition) is 10. The van der Waals surface area contributed by atoms with Gasteiger partial charge >= 0.3 is 12.2 Å². The fourth-order valence-electron chi connectivity index (χ4n) is 6.32. The third kappa shape index (κ3) is 7.80. The van der Waals surface area contributed by atoms with E-state index >= 15 is 0 Å². The summed E-state index contributed by atoms with van der Waals surface area (Å²) < 4.78 is 21.8. The minimum atomic E-state index is -0.663. The Bertz CT molecular complexity index is 1780. The molecule has 4 heterocycles. The number of carbonyl (C=O) groups is 4. The first kappa shape index (κ1) is 35.8. The molecule has 0 fully saturated rings. The van der Waals surface area contributed by atoms with E-state index < -0.39 is 12.2 Å². The summed E-state index contributed by atoms with van der Waals surface area (Å²) in [5, 5.41) is 4.87. The predicted molar refractivity (Wildman–Crippen MR) is 188 cm³/mol. The van der Waals surface area contributed by atoms with Crippen molar-refractivity contribution in [3.63, 3.8) is 0 Å². The number of nitrogens with one attached hydrogen (secondary N) is 4. The number of H-pyrrole nitrogens is 2. The predicted octanol–water partition coefficient (Wildman–Crippen LogP) is 4.11. The van der Waals surface area contributed by atoms with E-state index in [2.05, 4.69) is 52.2 Å². The van der Waals surface area contributed by atoms with E-state index in [0.717, 1.165) is 69.1 Å². The van der Waals surface area contributed by atoms with Crippen molar-refractivity contribution in [2.24, 2.45) is 0 Å². The molecule has 0 atom stereocenters. The molecule has 274 valence electrons. The lowest BCUT2D eigenvalue weighted by Crippen LogP contribution is -2.40. The lowest BCUT2D eigenvalue weighted by molar-refractivity contribution is -0.131. The molecule has 0 saturated carbocycles. The van der Waals surface area contributed by atoms with E-state index in [4.69, 9.17) is 9.47 Å². The number of amides is 4. The van der Waals surface area contributed by atoms with Gasteiger partial charge in [-0.25, -0.2) is 19.6 Å². The van der Waals surface area contributed by atoms with Crippen LogP contribution in [0.2, 0.25) is 0 Å². The maximum Gasteiger partial charge on any atom is 0.407 e. The van der Waals surface area contributed by atoms with Crippen molar-refractivity contribution in [3.8, 4) is 45.1 Å². The van der Waals surface area contributed by atoms with E-state index in [1.54, 1.807) is 22.2 Å². The average Bonchev–Trinajstić information content (AvgIpc) is 3.84. The number of ether oxygens (including phenoxy) is 4. The molecule has 16 heteroatoms. The summed E-state index contributed by atoms with van der Waals surface area (Å²) in [7, 11) is 2.50. The van der Waals surface area contributed by atoms with Gasteiger partial charge in [0, 0.05) is 46.5 Å². The van der Waals surface area contributed by atoms with Gasteiger partial charge in [0.05, 0.1) is 51.1 Å². The molecule has 2 aliphatic heterocycles. The van der Waals surface area contributed by atoms with Gasteiger partial charge in [-0.2, -0.15) is 0 Å². The number of benzene rings is 2. The number of aromatic nitrogens is 4. The normalized spacial score (nSPS) is 12.2. The third-order valence-electron chi connectivity index (χ3n) is 8.78. The monoisotopic (exact) mass is 714 g/mol. The maximum absolute atomic E-state index is 12.8. The highest BCUT2D eigenvalue weighted by molar-refractivity contribution is 5.88. The number of nitrogens with zero attached hydrogens (tertiary/aromatic N) is 4. The van der Waals surface area contributed by atoms with Gasteiger partial charge in [0.1, 0.15) is 49.5 Å². The molecule has 2 aromatic heterocycles. The molecule has 16 nitrogen and oxygen atoms in total. The number of rotatable bonds is 14. The molecule has 0 bridgehead atoms. The Kier molecular flexibility index (Phi) is 10.9. The number of hydrogen-bond donors (Lipinski definition) is 4. The first-order chi connectivity index (χ1) is 25.2. The lowest BCUT2D eigenvalue weighted by Gasteiger charge is -2.30. The maximum atomic E-state index is 12.8. The van der Waals surface area contributed by atoms with E-state index in [0.29, 0.717) is 38.0 Å². The third-order valence-corrected chi connectivity index (χ3v) is 8.78. The van der Waals surface area contributed by atoms with Crippen LogP contribution in [-0.2, 0) is 45.4 Å². The summed E-state index contributed by atoms with van der Waals surface area (Å²) in [4.78, 5) is 67.5. The van der Waals surface area contributed by atoms with Crippen molar-refractivity contribution < 1.29 is 38.1 Å². The largest absolute Gasteiger partial charge is 0.488 e. The Morgan fingerprint density at radius 3 is 1.52 bits per heavy atom. The van der Waals surface area contributed by atoms with Crippen LogP contribution in [0, 0.1) is 0 Å². The summed E-state index contributed by atoms with van der Waals surface area (Å²) in [5.74, 6) is 2.24. The van der Waals surface area contributed by atoms with E-state index in [1.807, 2.05) is 26.0 Å².